The second-order valence-corrected chi connectivity index (χ2v) is 6.70. The Hall–Kier alpha value is -1.03. The summed E-state index contributed by atoms with van der Waals surface area (Å²) < 4.78 is 2.18. The van der Waals surface area contributed by atoms with Crippen LogP contribution < -0.4 is 4.90 Å². The molecule has 0 unspecified atom stereocenters. The van der Waals surface area contributed by atoms with Gasteiger partial charge in [-0.1, -0.05) is 49.7 Å². The molecule has 4 heteroatoms. The number of rotatable bonds is 6. The Balaban J connectivity index is 2.45. The largest absolute Gasteiger partial charge is 0.355 e. The van der Waals surface area contributed by atoms with Crippen molar-refractivity contribution in [3.05, 3.63) is 30.1 Å². The topological polar surface area (TPSA) is 20.5 Å². The molecule has 0 amide bonds. The second kappa shape index (κ2) is 6.61. The molecule has 2 rings (SSSR count). The first-order valence-electron chi connectivity index (χ1n) is 7.29. The summed E-state index contributed by atoms with van der Waals surface area (Å²) in [4.78, 5) is 7.28. The molecule has 0 bridgehead atoms. The lowest BCUT2D eigenvalue weighted by atomic mass is 10.1. The van der Waals surface area contributed by atoms with Gasteiger partial charge in [0.05, 0.1) is 5.69 Å². The van der Waals surface area contributed by atoms with Gasteiger partial charge in [-0.25, -0.2) is 4.98 Å². The maximum Gasteiger partial charge on any atom is 0.152 e. The van der Waals surface area contributed by atoms with Crippen LogP contribution in [0.25, 0.3) is 5.65 Å². The van der Waals surface area contributed by atoms with Gasteiger partial charge in [0.1, 0.15) is 5.65 Å². The van der Waals surface area contributed by atoms with Crippen LogP contribution in [-0.4, -0.2) is 22.5 Å². The Morgan fingerprint density at radius 3 is 2.35 bits per heavy atom. The van der Waals surface area contributed by atoms with E-state index in [1.807, 2.05) is 6.07 Å². The van der Waals surface area contributed by atoms with Crippen LogP contribution in [-0.2, 0) is 5.33 Å². The van der Waals surface area contributed by atoms with Crippen molar-refractivity contribution in [2.45, 2.75) is 33.0 Å². The minimum Gasteiger partial charge on any atom is -0.355 e. The lowest BCUT2D eigenvalue weighted by molar-refractivity contribution is 0.548. The summed E-state index contributed by atoms with van der Waals surface area (Å²) in [5.74, 6) is 2.37. The number of nitrogens with zero attached hydrogens (tertiary/aromatic N) is 3. The predicted molar refractivity (Wildman–Crippen MR) is 89.7 cm³/mol. The number of hydrogen-bond donors (Lipinski definition) is 0. The van der Waals surface area contributed by atoms with Gasteiger partial charge in [0, 0.05) is 24.6 Å². The first-order valence-corrected chi connectivity index (χ1v) is 8.42. The Labute approximate surface area is 130 Å². The molecular formula is C16H24BrN3. The van der Waals surface area contributed by atoms with Crippen molar-refractivity contribution < 1.29 is 0 Å². The molecule has 0 aliphatic carbocycles. The van der Waals surface area contributed by atoms with Crippen molar-refractivity contribution in [1.82, 2.24) is 9.38 Å². The molecule has 2 heterocycles. The molecule has 2 aromatic rings. The zero-order valence-electron chi connectivity index (χ0n) is 12.8. The molecule has 0 atom stereocenters. The van der Waals surface area contributed by atoms with E-state index in [1.54, 1.807) is 0 Å². The standard InChI is InChI=1S/C16H24BrN3/c1-12(2)10-19(11-13(3)4)16-14(9-17)20-8-6-5-7-15(20)18-16/h5-8,12-13H,9-11H2,1-4H3. The molecule has 0 saturated carbocycles. The van der Waals surface area contributed by atoms with E-state index in [4.69, 9.17) is 4.98 Å². The zero-order chi connectivity index (χ0) is 14.7. The van der Waals surface area contributed by atoms with E-state index in [2.05, 4.69) is 71.3 Å². The molecule has 3 nitrogen and oxygen atoms in total. The Kier molecular flexibility index (Phi) is 5.08. The Morgan fingerprint density at radius 1 is 1.15 bits per heavy atom. The summed E-state index contributed by atoms with van der Waals surface area (Å²) in [5.41, 5.74) is 2.26. The molecule has 2 aromatic heterocycles. The molecule has 0 spiro atoms. The van der Waals surface area contributed by atoms with Gasteiger partial charge in [-0.3, -0.25) is 0 Å². The number of halogens is 1. The normalized spacial score (nSPS) is 11.8. The minimum atomic E-state index is 0.627. The van der Waals surface area contributed by atoms with Gasteiger partial charge in [0.15, 0.2) is 5.82 Å². The number of anilines is 1. The molecule has 110 valence electrons. The van der Waals surface area contributed by atoms with Gasteiger partial charge >= 0.3 is 0 Å². The summed E-state index contributed by atoms with van der Waals surface area (Å²) in [6.07, 6.45) is 2.09. The van der Waals surface area contributed by atoms with Gasteiger partial charge in [-0.05, 0) is 24.0 Å². The van der Waals surface area contributed by atoms with Gasteiger partial charge in [0.25, 0.3) is 0 Å². The van der Waals surface area contributed by atoms with Crippen LogP contribution in [0, 0.1) is 11.8 Å². The van der Waals surface area contributed by atoms with Crippen LogP contribution in [0.3, 0.4) is 0 Å². The van der Waals surface area contributed by atoms with Crippen LogP contribution in [0.5, 0.6) is 0 Å². The van der Waals surface area contributed by atoms with E-state index in [1.165, 1.54) is 5.69 Å². The molecule has 0 aliphatic heterocycles. The van der Waals surface area contributed by atoms with Crippen LogP contribution in [0.4, 0.5) is 5.82 Å². The average molecular weight is 338 g/mol. The number of aromatic nitrogens is 2. The second-order valence-electron chi connectivity index (χ2n) is 6.14. The summed E-state index contributed by atoms with van der Waals surface area (Å²) in [6.45, 7) is 11.1. The van der Waals surface area contributed by atoms with Crippen molar-refractivity contribution in [2.24, 2.45) is 11.8 Å². The minimum absolute atomic E-state index is 0.627. The quantitative estimate of drug-likeness (QED) is 0.730. The molecule has 0 fully saturated rings. The summed E-state index contributed by atoms with van der Waals surface area (Å²) in [7, 11) is 0. The smallest absolute Gasteiger partial charge is 0.152 e. The fraction of sp³-hybridized carbons (Fsp3) is 0.562. The van der Waals surface area contributed by atoms with Crippen LogP contribution in [0.1, 0.15) is 33.4 Å². The Bertz CT molecular complexity index is 550. The van der Waals surface area contributed by atoms with Crippen molar-refractivity contribution in [1.29, 1.82) is 0 Å². The van der Waals surface area contributed by atoms with Crippen molar-refractivity contribution >= 4 is 27.4 Å². The SMILES string of the molecule is CC(C)CN(CC(C)C)c1nc2ccccn2c1CBr. The molecule has 20 heavy (non-hydrogen) atoms. The molecule has 0 aromatic carbocycles. The van der Waals surface area contributed by atoms with E-state index >= 15 is 0 Å². The third kappa shape index (κ3) is 3.35. The zero-order valence-corrected chi connectivity index (χ0v) is 14.4. The number of alkyl halides is 1. The van der Waals surface area contributed by atoms with Crippen LogP contribution in [0.15, 0.2) is 24.4 Å². The van der Waals surface area contributed by atoms with Crippen molar-refractivity contribution in [3.63, 3.8) is 0 Å². The van der Waals surface area contributed by atoms with E-state index in [9.17, 15) is 0 Å². The third-order valence-electron chi connectivity index (χ3n) is 3.20. The lowest BCUT2D eigenvalue weighted by Crippen LogP contribution is -2.32. The summed E-state index contributed by atoms with van der Waals surface area (Å²) in [6, 6.07) is 6.16. The maximum absolute atomic E-state index is 4.85. The summed E-state index contributed by atoms with van der Waals surface area (Å²) >= 11 is 3.62. The molecule has 0 N–H and O–H groups in total. The van der Waals surface area contributed by atoms with Crippen LogP contribution in [0.2, 0.25) is 0 Å². The van der Waals surface area contributed by atoms with E-state index in [0.29, 0.717) is 11.8 Å². The molecule has 0 aliphatic rings. The summed E-state index contributed by atoms with van der Waals surface area (Å²) in [5, 5.41) is 0.820. The molecule has 0 saturated heterocycles. The first-order chi connectivity index (χ1) is 9.52. The highest BCUT2D eigenvalue weighted by Gasteiger charge is 2.19. The highest BCUT2D eigenvalue weighted by Crippen LogP contribution is 2.25. The van der Waals surface area contributed by atoms with Gasteiger partial charge in [-0.15, -0.1) is 0 Å². The lowest BCUT2D eigenvalue weighted by Gasteiger charge is -2.27. The van der Waals surface area contributed by atoms with Gasteiger partial charge in [0.2, 0.25) is 0 Å². The third-order valence-corrected chi connectivity index (χ3v) is 3.74. The van der Waals surface area contributed by atoms with E-state index in [0.717, 1.165) is 29.9 Å². The van der Waals surface area contributed by atoms with E-state index < -0.39 is 0 Å². The molecular weight excluding hydrogens is 314 g/mol. The highest BCUT2D eigenvalue weighted by atomic mass is 79.9. The molecule has 0 radical (unpaired) electrons. The van der Waals surface area contributed by atoms with Crippen molar-refractivity contribution in [3.8, 4) is 0 Å². The monoisotopic (exact) mass is 337 g/mol. The van der Waals surface area contributed by atoms with Gasteiger partial charge in [-0.2, -0.15) is 0 Å². The highest BCUT2D eigenvalue weighted by molar-refractivity contribution is 9.08. The maximum atomic E-state index is 4.85. The Morgan fingerprint density at radius 2 is 1.80 bits per heavy atom. The fourth-order valence-corrected chi connectivity index (χ4v) is 3.06. The fourth-order valence-electron chi connectivity index (χ4n) is 2.54. The van der Waals surface area contributed by atoms with Crippen LogP contribution >= 0.6 is 15.9 Å². The van der Waals surface area contributed by atoms with E-state index in [-0.39, 0.29) is 0 Å². The number of fused-ring (bicyclic) bond motifs is 1. The number of pyridine rings is 1. The average Bonchev–Trinajstić information content (AvgIpc) is 2.75. The number of hydrogen-bond acceptors (Lipinski definition) is 2. The number of imidazole rings is 1. The van der Waals surface area contributed by atoms with Gasteiger partial charge < -0.3 is 9.30 Å². The van der Waals surface area contributed by atoms with Crippen molar-refractivity contribution in [2.75, 3.05) is 18.0 Å². The first kappa shape index (κ1) is 15.4. The predicted octanol–water partition coefficient (Wildman–Crippen LogP) is 4.35.